The van der Waals surface area contributed by atoms with Crippen molar-refractivity contribution in [3.8, 4) is 0 Å². The monoisotopic (exact) mass is 255 g/mol. The zero-order valence-corrected chi connectivity index (χ0v) is 11.2. The molecule has 0 aromatic rings. The van der Waals surface area contributed by atoms with Crippen LogP contribution in [0, 0.1) is 5.92 Å². The minimum Gasteiger partial charge on any atom is -0.443 e. The third-order valence-corrected chi connectivity index (χ3v) is 2.73. The highest BCUT2D eigenvalue weighted by atomic mass is 16.6. The van der Waals surface area contributed by atoms with E-state index >= 15 is 0 Å². The number of hydrogen-bond donors (Lipinski definition) is 1. The minimum absolute atomic E-state index is 0.0439. The molecule has 1 saturated heterocycles. The summed E-state index contributed by atoms with van der Waals surface area (Å²) >= 11 is 0. The molecule has 1 fully saturated rings. The number of imide groups is 1. The zero-order chi connectivity index (χ0) is 13.9. The van der Waals surface area contributed by atoms with Gasteiger partial charge in [-0.15, -0.1) is 6.58 Å². The second-order valence-corrected chi connectivity index (χ2v) is 5.54. The van der Waals surface area contributed by atoms with Gasteiger partial charge in [0, 0.05) is 12.5 Å². The first kappa shape index (κ1) is 14.7. The van der Waals surface area contributed by atoms with Crippen molar-refractivity contribution < 1.29 is 19.4 Å². The molecule has 2 amide bonds. The van der Waals surface area contributed by atoms with E-state index in [1.54, 1.807) is 26.8 Å². The van der Waals surface area contributed by atoms with Crippen LogP contribution in [0.15, 0.2) is 12.7 Å². The Balaban J connectivity index is 2.72. The molecule has 5 nitrogen and oxygen atoms in total. The smallest absolute Gasteiger partial charge is 0.417 e. The molecule has 1 aliphatic heterocycles. The van der Waals surface area contributed by atoms with Crippen LogP contribution in [0.4, 0.5) is 4.79 Å². The quantitative estimate of drug-likeness (QED) is 0.763. The van der Waals surface area contributed by atoms with Crippen LogP contribution in [0.3, 0.4) is 0 Å². The average Bonchev–Trinajstić information content (AvgIpc) is 2.19. The summed E-state index contributed by atoms with van der Waals surface area (Å²) in [7, 11) is 0. The number of carbonyl (C=O) groups is 2. The molecule has 5 heteroatoms. The summed E-state index contributed by atoms with van der Waals surface area (Å²) < 4.78 is 5.17. The van der Waals surface area contributed by atoms with Gasteiger partial charge in [-0.1, -0.05) is 6.08 Å². The number of rotatable bonds is 2. The Labute approximate surface area is 107 Å². The number of aliphatic hydroxyl groups is 1. The van der Waals surface area contributed by atoms with Crippen LogP contribution in [0.2, 0.25) is 0 Å². The highest BCUT2D eigenvalue weighted by molar-refractivity contribution is 5.93. The first-order valence-electron chi connectivity index (χ1n) is 6.07. The molecule has 0 aliphatic carbocycles. The standard InChI is InChI=1S/C13H21NO4/c1-5-6-9-8-14(11(16)7-10(9)15)12(17)18-13(2,3)4/h5,9-10,15H,1,6-8H2,2-4H3. The lowest BCUT2D eigenvalue weighted by atomic mass is 9.91. The number of ether oxygens (including phenoxy) is 1. The molecule has 0 aromatic heterocycles. The molecule has 0 bridgehead atoms. The summed E-state index contributed by atoms with van der Waals surface area (Å²) in [6.45, 7) is 9.02. The van der Waals surface area contributed by atoms with Gasteiger partial charge in [0.25, 0.3) is 0 Å². The van der Waals surface area contributed by atoms with E-state index < -0.39 is 23.7 Å². The van der Waals surface area contributed by atoms with Gasteiger partial charge >= 0.3 is 6.09 Å². The van der Waals surface area contributed by atoms with Crippen LogP contribution in [0.5, 0.6) is 0 Å². The maximum atomic E-state index is 11.9. The lowest BCUT2D eigenvalue weighted by Gasteiger charge is -2.35. The molecule has 1 rings (SSSR count). The lowest BCUT2D eigenvalue weighted by molar-refractivity contribution is -0.138. The lowest BCUT2D eigenvalue weighted by Crippen LogP contribution is -2.50. The molecule has 2 unspecified atom stereocenters. The number of nitrogens with zero attached hydrogens (tertiary/aromatic N) is 1. The largest absolute Gasteiger partial charge is 0.443 e. The second-order valence-electron chi connectivity index (χ2n) is 5.54. The Morgan fingerprint density at radius 1 is 1.61 bits per heavy atom. The van der Waals surface area contributed by atoms with E-state index in [9.17, 15) is 14.7 Å². The first-order chi connectivity index (χ1) is 8.24. The van der Waals surface area contributed by atoms with Crippen LogP contribution >= 0.6 is 0 Å². The molecular weight excluding hydrogens is 234 g/mol. The van der Waals surface area contributed by atoms with Gasteiger partial charge in [0.05, 0.1) is 12.5 Å². The summed E-state index contributed by atoms with van der Waals surface area (Å²) in [6.07, 6.45) is 0.838. The van der Waals surface area contributed by atoms with E-state index in [4.69, 9.17) is 4.74 Å². The normalized spacial score (nSPS) is 24.9. The van der Waals surface area contributed by atoms with Crippen molar-refractivity contribution >= 4 is 12.0 Å². The van der Waals surface area contributed by atoms with Crippen LogP contribution in [0.25, 0.3) is 0 Å². The van der Waals surface area contributed by atoms with Gasteiger partial charge < -0.3 is 9.84 Å². The van der Waals surface area contributed by atoms with Gasteiger partial charge in [-0.3, -0.25) is 4.79 Å². The van der Waals surface area contributed by atoms with E-state index in [1.165, 1.54) is 0 Å². The Morgan fingerprint density at radius 3 is 2.72 bits per heavy atom. The van der Waals surface area contributed by atoms with Crippen LogP contribution in [-0.4, -0.2) is 40.3 Å². The van der Waals surface area contributed by atoms with Crippen molar-refractivity contribution in [3.63, 3.8) is 0 Å². The maximum absolute atomic E-state index is 11.9. The van der Waals surface area contributed by atoms with Gasteiger partial charge in [-0.2, -0.15) is 0 Å². The highest BCUT2D eigenvalue weighted by Crippen LogP contribution is 2.23. The Morgan fingerprint density at radius 2 is 2.22 bits per heavy atom. The predicted molar refractivity (Wildman–Crippen MR) is 66.9 cm³/mol. The average molecular weight is 255 g/mol. The Kier molecular flexibility index (Phi) is 4.51. The van der Waals surface area contributed by atoms with Crippen molar-refractivity contribution in [1.82, 2.24) is 4.90 Å². The third-order valence-electron chi connectivity index (χ3n) is 2.73. The number of amides is 2. The SMILES string of the molecule is C=CCC1CN(C(=O)OC(C)(C)C)C(=O)CC1O. The van der Waals surface area contributed by atoms with Crippen molar-refractivity contribution in [2.45, 2.75) is 45.3 Å². The summed E-state index contributed by atoms with van der Waals surface area (Å²) in [5.41, 5.74) is -0.638. The van der Waals surface area contributed by atoms with Gasteiger partial charge in [-0.05, 0) is 27.2 Å². The Hall–Kier alpha value is -1.36. The summed E-state index contributed by atoms with van der Waals surface area (Å²) in [4.78, 5) is 24.7. The van der Waals surface area contributed by atoms with Gasteiger partial charge in [0.2, 0.25) is 5.91 Å². The molecule has 18 heavy (non-hydrogen) atoms. The van der Waals surface area contributed by atoms with Gasteiger partial charge in [0.15, 0.2) is 0 Å². The summed E-state index contributed by atoms with van der Waals surface area (Å²) in [5.74, 6) is -0.551. The predicted octanol–water partition coefficient (Wildman–Crippen LogP) is 1.71. The maximum Gasteiger partial charge on any atom is 0.417 e. The van der Waals surface area contributed by atoms with Crippen LogP contribution in [0.1, 0.15) is 33.6 Å². The number of likely N-dealkylation sites (tertiary alicyclic amines) is 1. The molecule has 0 saturated carbocycles. The number of hydrogen-bond acceptors (Lipinski definition) is 4. The summed E-state index contributed by atoms with van der Waals surface area (Å²) in [6, 6.07) is 0. The molecule has 0 aromatic carbocycles. The fraction of sp³-hybridized carbons (Fsp3) is 0.692. The summed E-state index contributed by atoms with van der Waals surface area (Å²) in [5, 5.41) is 9.76. The van der Waals surface area contributed by atoms with E-state index in [1.807, 2.05) is 0 Å². The van der Waals surface area contributed by atoms with Crippen molar-refractivity contribution in [1.29, 1.82) is 0 Å². The molecule has 2 atom stereocenters. The number of piperidine rings is 1. The molecule has 1 aliphatic rings. The van der Waals surface area contributed by atoms with Crippen molar-refractivity contribution in [3.05, 3.63) is 12.7 Å². The van der Waals surface area contributed by atoms with E-state index in [2.05, 4.69) is 6.58 Å². The molecule has 0 spiro atoms. The van der Waals surface area contributed by atoms with Crippen LogP contribution < -0.4 is 0 Å². The van der Waals surface area contributed by atoms with Crippen LogP contribution in [-0.2, 0) is 9.53 Å². The van der Waals surface area contributed by atoms with Gasteiger partial charge in [-0.25, -0.2) is 9.69 Å². The van der Waals surface area contributed by atoms with Crippen molar-refractivity contribution in [2.24, 2.45) is 5.92 Å². The molecule has 0 radical (unpaired) electrons. The molecule has 1 heterocycles. The molecular formula is C13H21NO4. The number of carbonyl (C=O) groups excluding carboxylic acids is 2. The zero-order valence-electron chi connectivity index (χ0n) is 11.2. The molecule has 102 valence electrons. The first-order valence-corrected chi connectivity index (χ1v) is 6.07. The fourth-order valence-corrected chi connectivity index (χ4v) is 1.85. The second kappa shape index (κ2) is 5.52. The van der Waals surface area contributed by atoms with E-state index in [-0.39, 0.29) is 18.9 Å². The fourth-order valence-electron chi connectivity index (χ4n) is 1.85. The topological polar surface area (TPSA) is 66.8 Å². The van der Waals surface area contributed by atoms with Crippen molar-refractivity contribution in [2.75, 3.05) is 6.54 Å². The van der Waals surface area contributed by atoms with E-state index in [0.29, 0.717) is 6.42 Å². The number of allylic oxidation sites excluding steroid dienone is 1. The number of aliphatic hydroxyl groups excluding tert-OH is 1. The highest BCUT2D eigenvalue weighted by Gasteiger charge is 2.37. The van der Waals surface area contributed by atoms with Gasteiger partial charge in [0.1, 0.15) is 5.60 Å². The third kappa shape index (κ3) is 3.84. The Bertz CT molecular complexity index is 345. The van der Waals surface area contributed by atoms with E-state index in [0.717, 1.165) is 4.90 Å². The minimum atomic E-state index is -0.714. The molecule has 1 N–H and O–H groups in total.